The van der Waals surface area contributed by atoms with Gasteiger partial charge >= 0.3 is 0 Å². The Morgan fingerprint density at radius 3 is 2.22 bits per heavy atom. The molecule has 102 valence electrons. The maximum absolute atomic E-state index is 5.99. The molecule has 0 saturated heterocycles. The van der Waals surface area contributed by atoms with Crippen molar-refractivity contribution in [3.05, 3.63) is 23.3 Å². The third-order valence-corrected chi connectivity index (χ3v) is 3.07. The summed E-state index contributed by atoms with van der Waals surface area (Å²) in [5, 5.41) is 0. The summed E-state index contributed by atoms with van der Waals surface area (Å²) < 4.78 is 10.8. The van der Waals surface area contributed by atoms with Gasteiger partial charge in [0.25, 0.3) is 0 Å². The minimum atomic E-state index is -0.109. The molecule has 0 aliphatic heterocycles. The lowest BCUT2D eigenvalue weighted by Crippen LogP contribution is -2.31. The van der Waals surface area contributed by atoms with Gasteiger partial charge in [-0.1, -0.05) is 0 Å². The molecule has 3 nitrogen and oxygen atoms in total. The second-order valence-corrected chi connectivity index (χ2v) is 5.48. The normalized spacial score (nSPS) is 11.4. The summed E-state index contributed by atoms with van der Waals surface area (Å²) in [6.07, 6.45) is 3.00. The van der Waals surface area contributed by atoms with Gasteiger partial charge < -0.3 is 15.2 Å². The molecule has 18 heavy (non-hydrogen) atoms. The van der Waals surface area contributed by atoms with E-state index in [1.807, 2.05) is 13.0 Å². The molecule has 0 fully saturated rings. The molecule has 0 radical (unpaired) electrons. The van der Waals surface area contributed by atoms with Crippen molar-refractivity contribution in [2.75, 3.05) is 14.2 Å². The van der Waals surface area contributed by atoms with Gasteiger partial charge in [-0.2, -0.15) is 0 Å². The number of hydrogen-bond donors (Lipinski definition) is 1. The van der Waals surface area contributed by atoms with E-state index in [9.17, 15) is 0 Å². The topological polar surface area (TPSA) is 44.5 Å². The molecule has 0 spiro atoms. The molecule has 2 N–H and O–H groups in total. The first-order chi connectivity index (χ1) is 8.37. The number of rotatable bonds is 6. The molecule has 0 aromatic heterocycles. The number of hydrogen-bond acceptors (Lipinski definition) is 3. The highest BCUT2D eigenvalue weighted by molar-refractivity contribution is 5.46. The number of aryl methyl sites for hydroxylation is 2. The van der Waals surface area contributed by atoms with E-state index < -0.39 is 0 Å². The highest BCUT2D eigenvalue weighted by atomic mass is 16.5. The predicted octanol–water partition coefficient (Wildman–Crippen LogP) is 3.07. The fraction of sp³-hybridized carbons (Fsp3) is 0.600. The molecule has 0 amide bonds. The van der Waals surface area contributed by atoms with Gasteiger partial charge in [0.2, 0.25) is 0 Å². The molecule has 1 aromatic rings. The Bertz CT molecular complexity index is 394. The zero-order valence-electron chi connectivity index (χ0n) is 12.2. The fourth-order valence-corrected chi connectivity index (χ4v) is 2.04. The molecule has 0 bridgehead atoms. The first-order valence-corrected chi connectivity index (χ1v) is 6.38. The largest absolute Gasteiger partial charge is 0.496 e. The Labute approximate surface area is 110 Å². The molecule has 1 rings (SSSR count). The third kappa shape index (κ3) is 4.22. The second-order valence-electron chi connectivity index (χ2n) is 5.48. The zero-order valence-corrected chi connectivity index (χ0v) is 12.2. The first kappa shape index (κ1) is 14.8. The van der Waals surface area contributed by atoms with Crippen LogP contribution >= 0.6 is 0 Å². The van der Waals surface area contributed by atoms with E-state index in [2.05, 4.69) is 19.9 Å². The van der Waals surface area contributed by atoms with Crippen molar-refractivity contribution in [3.63, 3.8) is 0 Å². The monoisotopic (exact) mass is 251 g/mol. The van der Waals surface area contributed by atoms with Crippen LogP contribution in [-0.2, 0) is 6.42 Å². The van der Waals surface area contributed by atoms with Crippen molar-refractivity contribution in [1.82, 2.24) is 0 Å². The number of methoxy groups -OCH3 is 2. The summed E-state index contributed by atoms with van der Waals surface area (Å²) >= 11 is 0. The van der Waals surface area contributed by atoms with Crippen LogP contribution in [0.2, 0.25) is 0 Å². The fourth-order valence-electron chi connectivity index (χ4n) is 2.04. The van der Waals surface area contributed by atoms with Crippen molar-refractivity contribution in [2.45, 2.75) is 45.6 Å². The second kappa shape index (κ2) is 6.10. The Kier molecular flexibility index (Phi) is 5.03. The Morgan fingerprint density at radius 1 is 1.11 bits per heavy atom. The van der Waals surface area contributed by atoms with E-state index >= 15 is 0 Å². The van der Waals surface area contributed by atoms with Crippen molar-refractivity contribution >= 4 is 0 Å². The summed E-state index contributed by atoms with van der Waals surface area (Å²) in [5.41, 5.74) is 8.16. The third-order valence-electron chi connectivity index (χ3n) is 3.07. The van der Waals surface area contributed by atoms with Gasteiger partial charge in [-0.05, 0) is 63.3 Å². The Balaban J connectivity index is 2.80. The van der Waals surface area contributed by atoms with Crippen LogP contribution in [-0.4, -0.2) is 19.8 Å². The van der Waals surface area contributed by atoms with E-state index in [0.29, 0.717) is 0 Å². The lowest BCUT2D eigenvalue weighted by molar-refractivity contribution is 0.393. The quantitative estimate of drug-likeness (QED) is 0.845. The molecule has 3 heteroatoms. The molecular formula is C15H25NO2. The van der Waals surface area contributed by atoms with Gasteiger partial charge in [0.05, 0.1) is 14.2 Å². The minimum Gasteiger partial charge on any atom is -0.496 e. The highest BCUT2D eigenvalue weighted by Gasteiger charge is 2.12. The Morgan fingerprint density at radius 2 is 1.72 bits per heavy atom. The van der Waals surface area contributed by atoms with Crippen molar-refractivity contribution < 1.29 is 9.47 Å². The summed E-state index contributed by atoms with van der Waals surface area (Å²) in [7, 11) is 3.40. The molecule has 0 saturated carbocycles. The molecule has 0 heterocycles. The summed E-state index contributed by atoms with van der Waals surface area (Å²) in [6, 6.07) is 4.10. The van der Waals surface area contributed by atoms with E-state index in [4.69, 9.17) is 15.2 Å². The van der Waals surface area contributed by atoms with Crippen LogP contribution < -0.4 is 15.2 Å². The lowest BCUT2D eigenvalue weighted by atomic mass is 9.96. The zero-order chi connectivity index (χ0) is 13.8. The maximum Gasteiger partial charge on any atom is 0.122 e. The molecule has 0 unspecified atom stereocenters. The SMILES string of the molecule is COc1cc(CCCC(C)(C)N)c(OC)cc1C. The van der Waals surface area contributed by atoms with E-state index in [1.54, 1.807) is 14.2 Å². The van der Waals surface area contributed by atoms with Crippen LogP contribution in [0.4, 0.5) is 0 Å². The van der Waals surface area contributed by atoms with Gasteiger partial charge in [0.1, 0.15) is 11.5 Å². The summed E-state index contributed by atoms with van der Waals surface area (Å²) in [4.78, 5) is 0. The smallest absolute Gasteiger partial charge is 0.122 e. The molecule has 1 aromatic carbocycles. The summed E-state index contributed by atoms with van der Waals surface area (Å²) in [6.45, 7) is 6.13. The van der Waals surface area contributed by atoms with Crippen LogP contribution in [0.15, 0.2) is 12.1 Å². The maximum atomic E-state index is 5.99. The summed E-state index contributed by atoms with van der Waals surface area (Å²) in [5.74, 6) is 1.85. The van der Waals surface area contributed by atoms with E-state index in [0.717, 1.165) is 36.3 Å². The standard InChI is InChI=1S/C15H25NO2/c1-11-9-14(18-5)12(10-13(11)17-4)7-6-8-15(2,3)16/h9-10H,6-8,16H2,1-5H3. The lowest BCUT2D eigenvalue weighted by Gasteiger charge is -2.19. The molecule has 0 aliphatic carbocycles. The van der Waals surface area contributed by atoms with Crippen LogP contribution in [0.3, 0.4) is 0 Å². The predicted molar refractivity (Wildman–Crippen MR) is 75.5 cm³/mol. The number of benzene rings is 1. The van der Waals surface area contributed by atoms with Gasteiger partial charge in [0, 0.05) is 5.54 Å². The highest BCUT2D eigenvalue weighted by Crippen LogP contribution is 2.29. The van der Waals surface area contributed by atoms with E-state index in [-0.39, 0.29) is 5.54 Å². The van der Waals surface area contributed by atoms with Crippen molar-refractivity contribution in [2.24, 2.45) is 5.73 Å². The molecular weight excluding hydrogens is 226 g/mol. The Hall–Kier alpha value is -1.22. The van der Waals surface area contributed by atoms with Gasteiger partial charge in [-0.25, -0.2) is 0 Å². The first-order valence-electron chi connectivity index (χ1n) is 6.38. The molecule has 0 atom stereocenters. The van der Waals surface area contributed by atoms with Crippen LogP contribution in [0.1, 0.15) is 37.8 Å². The van der Waals surface area contributed by atoms with Crippen LogP contribution in [0, 0.1) is 6.92 Å². The van der Waals surface area contributed by atoms with Crippen LogP contribution in [0.5, 0.6) is 11.5 Å². The van der Waals surface area contributed by atoms with Crippen LogP contribution in [0.25, 0.3) is 0 Å². The van der Waals surface area contributed by atoms with Gasteiger partial charge in [-0.15, -0.1) is 0 Å². The van der Waals surface area contributed by atoms with E-state index in [1.165, 1.54) is 5.56 Å². The van der Waals surface area contributed by atoms with Crippen molar-refractivity contribution in [3.8, 4) is 11.5 Å². The van der Waals surface area contributed by atoms with Crippen molar-refractivity contribution in [1.29, 1.82) is 0 Å². The average molecular weight is 251 g/mol. The number of nitrogens with two attached hydrogens (primary N) is 1. The van der Waals surface area contributed by atoms with Gasteiger partial charge in [-0.3, -0.25) is 0 Å². The van der Waals surface area contributed by atoms with Gasteiger partial charge in [0.15, 0.2) is 0 Å². The minimum absolute atomic E-state index is 0.109. The molecule has 0 aliphatic rings. The number of ether oxygens (including phenoxy) is 2. The average Bonchev–Trinajstić information content (AvgIpc) is 2.28.